The molecule has 13 rings (SSSR count). The maximum atomic E-state index is 6.52. The molecule has 0 spiro atoms. The van der Waals surface area contributed by atoms with Crippen LogP contribution in [0.3, 0.4) is 0 Å². The lowest BCUT2D eigenvalue weighted by atomic mass is 9.74. The number of hydrogen-bond acceptors (Lipinski definition) is 4. The summed E-state index contributed by atoms with van der Waals surface area (Å²) >= 11 is 1.98. The first-order valence-corrected chi connectivity index (χ1v) is 24.4. The van der Waals surface area contributed by atoms with Gasteiger partial charge in [0.25, 0.3) is 0 Å². The van der Waals surface area contributed by atoms with Gasteiger partial charge < -0.3 is 14.2 Å². The summed E-state index contributed by atoms with van der Waals surface area (Å²) in [6.45, 7) is 9.78. The molecule has 0 atom stereocenters. The Morgan fingerprint density at radius 3 is 1.34 bits per heavy atom. The van der Waals surface area contributed by atoms with E-state index in [1.165, 1.54) is 65.4 Å². The van der Waals surface area contributed by atoms with Gasteiger partial charge in [-0.1, -0.05) is 173 Å². The van der Waals surface area contributed by atoms with Crippen LogP contribution in [0.15, 0.2) is 223 Å². The second kappa shape index (κ2) is 15.3. The number of hydrogen-bond donors (Lipinski definition) is 0. The summed E-state index contributed by atoms with van der Waals surface area (Å²) in [5.74, 6) is 0. The SMILES string of the molecule is CC1(C)c2cc(N(c3ccccc3)c3ccccc3-c3ccccc3)ccc2-c2sc3c(c21)C(C)(C)c1cc(N(c2ccc4c(c2)oc2ccccc24)c2ccccc2-c2ccccc2)ccc1-3. The third-order valence-corrected chi connectivity index (χ3v) is 15.9. The molecule has 326 valence electrons. The average molecular weight is 893 g/mol. The predicted octanol–water partition coefficient (Wildman–Crippen LogP) is 18.5. The van der Waals surface area contributed by atoms with Crippen LogP contribution in [-0.2, 0) is 10.8 Å². The predicted molar refractivity (Wildman–Crippen MR) is 287 cm³/mol. The topological polar surface area (TPSA) is 19.6 Å². The molecular formula is C64H48N2OS. The van der Waals surface area contributed by atoms with Crippen molar-refractivity contribution in [3.8, 4) is 43.1 Å². The second-order valence-electron chi connectivity index (χ2n) is 19.3. The smallest absolute Gasteiger partial charge is 0.137 e. The fourth-order valence-electron chi connectivity index (χ4n) is 11.4. The van der Waals surface area contributed by atoms with Crippen molar-refractivity contribution >= 4 is 67.4 Å². The summed E-state index contributed by atoms with van der Waals surface area (Å²) in [5, 5.41) is 2.25. The lowest BCUT2D eigenvalue weighted by Gasteiger charge is -2.32. The van der Waals surface area contributed by atoms with Gasteiger partial charge in [0.05, 0.1) is 11.4 Å². The Labute approximate surface area is 401 Å². The molecule has 0 amide bonds. The Hall–Kier alpha value is -7.92. The number of nitrogens with zero attached hydrogens (tertiary/aromatic N) is 2. The van der Waals surface area contributed by atoms with Gasteiger partial charge in [-0.25, -0.2) is 0 Å². The first-order valence-electron chi connectivity index (χ1n) is 23.6. The van der Waals surface area contributed by atoms with E-state index in [1.54, 1.807) is 0 Å². The third-order valence-electron chi connectivity index (χ3n) is 14.6. The summed E-state index contributed by atoms with van der Waals surface area (Å²) < 4.78 is 6.52. The summed E-state index contributed by atoms with van der Waals surface area (Å²) in [4.78, 5) is 7.66. The highest BCUT2D eigenvalue weighted by molar-refractivity contribution is 7.19. The molecule has 0 bridgehead atoms. The lowest BCUT2D eigenvalue weighted by Crippen LogP contribution is -2.23. The van der Waals surface area contributed by atoms with E-state index in [2.05, 4.69) is 250 Å². The van der Waals surface area contributed by atoms with E-state index in [9.17, 15) is 0 Å². The number of rotatable bonds is 8. The Morgan fingerprint density at radius 1 is 0.353 bits per heavy atom. The van der Waals surface area contributed by atoms with Gasteiger partial charge >= 0.3 is 0 Å². The second-order valence-corrected chi connectivity index (χ2v) is 20.3. The van der Waals surface area contributed by atoms with Crippen molar-refractivity contribution in [2.24, 2.45) is 0 Å². The molecule has 2 aromatic heterocycles. The first-order chi connectivity index (χ1) is 33.3. The van der Waals surface area contributed by atoms with Gasteiger partial charge in [-0.3, -0.25) is 0 Å². The molecular weight excluding hydrogens is 845 g/mol. The molecule has 3 nitrogen and oxygen atoms in total. The number of thiophene rings is 1. The molecule has 2 aliphatic rings. The molecule has 0 fully saturated rings. The molecule has 0 saturated heterocycles. The molecule has 11 aromatic rings. The summed E-state index contributed by atoms with van der Waals surface area (Å²) in [5.41, 5.74) is 21.1. The molecule has 0 N–H and O–H groups in total. The number of furan rings is 1. The third kappa shape index (κ3) is 6.10. The van der Waals surface area contributed by atoms with Crippen molar-refractivity contribution in [2.45, 2.75) is 38.5 Å². The molecule has 2 aliphatic carbocycles. The zero-order valence-electron chi connectivity index (χ0n) is 38.5. The standard InChI is InChI=1S/C64H48N2OS/c1-63(2)53-38-44(65(43-24-12-7-13-25-43)55-29-17-14-26-47(55)41-20-8-5-9-21-41)33-36-51(53)61-59(63)60-62(68-61)52-37-34-45(39-54(52)64(60,3)4)66(56-30-18-15-27-48(56)42-22-10-6-11-23-42)46-32-35-50-49-28-16-19-31-57(49)67-58(50)40-46/h5-40H,1-4H3. The summed E-state index contributed by atoms with van der Waals surface area (Å²) in [6, 6.07) is 79.3. The highest BCUT2D eigenvalue weighted by atomic mass is 32.1. The van der Waals surface area contributed by atoms with E-state index in [4.69, 9.17) is 4.42 Å². The van der Waals surface area contributed by atoms with E-state index in [1.807, 2.05) is 17.4 Å². The minimum atomic E-state index is -0.259. The van der Waals surface area contributed by atoms with Crippen molar-refractivity contribution < 1.29 is 4.42 Å². The van der Waals surface area contributed by atoms with Crippen molar-refractivity contribution in [2.75, 3.05) is 9.80 Å². The Bertz CT molecular complexity index is 3750. The Balaban J connectivity index is 0.931. The van der Waals surface area contributed by atoms with Gasteiger partial charge in [-0.15, -0.1) is 11.3 Å². The van der Waals surface area contributed by atoms with E-state index < -0.39 is 0 Å². The van der Waals surface area contributed by atoms with Gasteiger partial charge in [0.15, 0.2) is 0 Å². The molecule has 0 unspecified atom stereocenters. The zero-order chi connectivity index (χ0) is 45.7. The fourth-order valence-corrected chi connectivity index (χ4v) is 13.1. The maximum Gasteiger partial charge on any atom is 0.137 e. The highest BCUT2D eigenvalue weighted by Gasteiger charge is 2.48. The largest absolute Gasteiger partial charge is 0.456 e. The normalized spacial score (nSPS) is 13.8. The van der Waals surface area contributed by atoms with E-state index in [-0.39, 0.29) is 10.8 Å². The number of anilines is 6. The van der Waals surface area contributed by atoms with Crippen LogP contribution < -0.4 is 9.80 Å². The molecule has 0 aliphatic heterocycles. The number of benzene rings is 9. The maximum absolute atomic E-state index is 6.52. The summed E-state index contributed by atoms with van der Waals surface area (Å²) in [7, 11) is 0. The van der Waals surface area contributed by atoms with Crippen molar-refractivity contribution in [3.63, 3.8) is 0 Å². The highest BCUT2D eigenvalue weighted by Crippen LogP contribution is 2.64. The van der Waals surface area contributed by atoms with Crippen LogP contribution in [0.4, 0.5) is 34.1 Å². The average Bonchev–Trinajstić information content (AvgIpc) is 4.08. The lowest BCUT2D eigenvalue weighted by molar-refractivity contribution is 0.603. The number of para-hydroxylation sites is 4. The van der Waals surface area contributed by atoms with Gasteiger partial charge in [0.2, 0.25) is 0 Å². The van der Waals surface area contributed by atoms with E-state index >= 15 is 0 Å². The van der Waals surface area contributed by atoms with Gasteiger partial charge in [0, 0.05) is 71.3 Å². The van der Waals surface area contributed by atoms with Crippen LogP contribution in [0.25, 0.3) is 65.1 Å². The first kappa shape index (κ1) is 40.4. The van der Waals surface area contributed by atoms with Crippen molar-refractivity contribution in [3.05, 3.63) is 241 Å². The number of fused-ring (bicyclic) bond motifs is 10. The van der Waals surface area contributed by atoms with Crippen molar-refractivity contribution in [1.82, 2.24) is 0 Å². The minimum absolute atomic E-state index is 0.239. The Morgan fingerprint density at radius 2 is 0.779 bits per heavy atom. The van der Waals surface area contributed by atoms with Gasteiger partial charge in [-0.2, -0.15) is 0 Å². The monoisotopic (exact) mass is 892 g/mol. The van der Waals surface area contributed by atoms with Crippen LogP contribution in [0.1, 0.15) is 49.9 Å². The van der Waals surface area contributed by atoms with Crippen molar-refractivity contribution in [1.29, 1.82) is 0 Å². The van der Waals surface area contributed by atoms with Crippen LogP contribution in [0.2, 0.25) is 0 Å². The van der Waals surface area contributed by atoms with Gasteiger partial charge in [-0.05, 0) is 111 Å². The van der Waals surface area contributed by atoms with Crippen LogP contribution in [0, 0.1) is 0 Å². The molecule has 68 heavy (non-hydrogen) atoms. The fraction of sp³-hybridized carbons (Fsp3) is 0.0938. The quantitative estimate of drug-likeness (QED) is 0.152. The van der Waals surface area contributed by atoms with Gasteiger partial charge in [0.1, 0.15) is 11.2 Å². The van der Waals surface area contributed by atoms with Crippen LogP contribution >= 0.6 is 11.3 Å². The molecule has 0 radical (unpaired) electrons. The molecule has 0 saturated carbocycles. The molecule has 2 heterocycles. The Kier molecular flexibility index (Phi) is 9.09. The van der Waals surface area contributed by atoms with Crippen LogP contribution in [-0.4, -0.2) is 0 Å². The van der Waals surface area contributed by atoms with E-state index in [0.717, 1.165) is 56.1 Å². The zero-order valence-corrected chi connectivity index (χ0v) is 39.3. The summed E-state index contributed by atoms with van der Waals surface area (Å²) in [6.07, 6.45) is 0. The van der Waals surface area contributed by atoms with Crippen LogP contribution in [0.5, 0.6) is 0 Å². The molecule has 4 heteroatoms. The minimum Gasteiger partial charge on any atom is -0.456 e. The van der Waals surface area contributed by atoms with E-state index in [0.29, 0.717) is 0 Å². The molecule has 9 aromatic carbocycles.